The van der Waals surface area contributed by atoms with Crippen LogP contribution in [0.5, 0.6) is 0 Å². The van der Waals surface area contributed by atoms with Crippen LogP contribution in [0.3, 0.4) is 0 Å². The molecule has 1 nitrogen and oxygen atoms in total. The number of halogens is 1. The van der Waals surface area contributed by atoms with Crippen molar-refractivity contribution in [2.24, 2.45) is 0 Å². The normalized spacial score (nSPS) is 9.80. The second-order valence-electron chi connectivity index (χ2n) is 2.18. The third-order valence-electron chi connectivity index (χ3n) is 1.50. The van der Waals surface area contributed by atoms with Crippen LogP contribution in [0.2, 0.25) is 0 Å². The van der Waals surface area contributed by atoms with Gasteiger partial charge in [-0.2, -0.15) is 0 Å². The van der Waals surface area contributed by atoms with E-state index < -0.39 is 0 Å². The van der Waals surface area contributed by atoms with Crippen LogP contribution in [-0.2, 0) is 0 Å². The molecule has 3 heteroatoms. The minimum Gasteiger partial charge on any atom is -0.399 e. The lowest BCUT2D eigenvalue weighted by Gasteiger charge is -2.05. The summed E-state index contributed by atoms with van der Waals surface area (Å²) in [7, 11) is 5.66. The monoisotopic (exact) mass is 195 g/mol. The summed E-state index contributed by atoms with van der Waals surface area (Å²) < 4.78 is 0.902. The molecule has 0 heterocycles. The molecule has 1 aromatic carbocycles. The summed E-state index contributed by atoms with van der Waals surface area (Å²) in [5.41, 5.74) is 7.99. The lowest BCUT2D eigenvalue weighted by atomic mass is 9.90. The van der Waals surface area contributed by atoms with Crippen LogP contribution in [0.1, 0.15) is 5.56 Å². The Morgan fingerprint density at radius 2 is 2.10 bits per heavy atom. The molecule has 1 rings (SSSR count). The summed E-state index contributed by atoms with van der Waals surface area (Å²) in [6.45, 7) is 1.90. The van der Waals surface area contributed by atoms with Gasteiger partial charge < -0.3 is 5.73 Å². The molecule has 0 unspecified atom stereocenters. The smallest absolute Gasteiger partial charge is 0.115 e. The first kappa shape index (κ1) is 7.67. The first-order valence-corrected chi connectivity index (χ1v) is 3.72. The molecule has 0 aliphatic heterocycles. The average molecular weight is 196 g/mol. The lowest BCUT2D eigenvalue weighted by molar-refractivity contribution is 1.50. The molecule has 50 valence electrons. The summed E-state index contributed by atoms with van der Waals surface area (Å²) in [6.07, 6.45) is 0. The molecule has 0 saturated heterocycles. The van der Waals surface area contributed by atoms with E-state index in [0.29, 0.717) is 0 Å². The van der Waals surface area contributed by atoms with Gasteiger partial charge in [-0.1, -0.05) is 21.4 Å². The van der Waals surface area contributed by atoms with Crippen LogP contribution in [0.15, 0.2) is 16.6 Å². The van der Waals surface area contributed by atoms with Crippen molar-refractivity contribution in [2.75, 3.05) is 5.73 Å². The summed E-state index contributed by atoms with van der Waals surface area (Å²) in [6, 6.07) is 3.67. The van der Waals surface area contributed by atoms with Crippen LogP contribution in [0, 0.1) is 6.92 Å². The van der Waals surface area contributed by atoms with Crippen molar-refractivity contribution in [1.29, 1.82) is 0 Å². The van der Waals surface area contributed by atoms with Crippen molar-refractivity contribution >= 4 is 34.9 Å². The molecule has 0 aliphatic rings. The van der Waals surface area contributed by atoms with Crippen molar-refractivity contribution in [1.82, 2.24) is 0 Å². The zero-order valence-corrected chi connectivity index (χ0v) is 7.27. The molecule has 2 radical (unpaired) electrons. The van der Waals surface area contributed by atoms with Gasteiger partial charge in [-0.15, -0.1) is 0 Å². The Kier molecular flexibility index (Phi) is 2.04. The molecule has 0 bridgehead atoms. The molecule has 0 saturated carbocycles. The molecule has 10 heavy (non-hydrogen) atoms. The fourth-order valence-corrected chi connectivity index (χ4v) is 1.14. The molecular weight excluding hydrogens is 189 g/mol. The molecule has 2 N–H and O–H groups in total. The van der Waals surface area contributed by atoms with E-state index in [4.69, 9.17) is 13.6 Å². The van der Waals surface area contributed by atoms with Crippen molar-refractivity contribution < 1.29 is 0 Å². The highest BCUT2D eigenvalue weighted by Crippen LogP contribution is 2.13. The van der Waals surface area contributed by atoms with Crippen LogP contribution < -0.4 is 11.2 Å². The van der Waals surface area contributed by atoms with Gasteiger partial charge in [0.2, 0.25) is 0 Å². The fourth-order valence-electron chi connectivity index (χ4n) is 0.712. The number of anilines is 1. The molecule has 1 aromatic rings. The van der Waals surface area contributed by atoms with Gasteiger partial charge in [-0.25, -0.2) is 0 Å². The van der Waals surface area contributed by atoms with Crippen molar-refractivity contribution in [3.05, 3.63) is 22.2 Å². The van der Waals surface area contributed by atoms with E-state index in [9.17, 15) is 0 Å². The van der Waals surface area contributed by atoms with Gasteiger partial charge in [-0.05, 0) is 24.6 Å². The summed E-state index contributed by atoms with van der Waals surface area (Å²) >= 11 is 3.30. The number of rotatable bonds is 0. The topological polar surface area (TPSA) is 26.0 Å². The maximum atomic E-state index is 5.66. The highest BCUT2D eigenvalue weighted by Gasteiger charge is 1.99. The quantitative estimate of drug-likeness (QED) is 0.488. The SMILES string of the molecule is [B]c1c(Br)ccc(N)c1C. The minimum atomic E-state index is 0.722. The van der Waals surface area contributed by atoms with E-state index in [1.165, 1.54) is 0 Å². The second kappa shape index (κ2) is 2.66. The Hall–Kier alpha value is -0.435. The first-order valence-electron chi connectivity index (χ1n) is 2.93. The van der Waals surface area contributed by atoms with Gasteiger partial charge in [-0.3, -0.25) is 0 Å². The summed E-state index contributed by atoms with van der Waals surface area (Å²) in [4.78, 5) is 0. The van der Waals surface area contributed by atoms with Gasteiger partial charge in [0.05, 0.1) is 0 Å². The van der Waals surface area contributed by atoms with E-state index >= 15 is 0 Å². The molecule has 0 atom stereocenters. The standard InChI is InChI=1S/C7H7BBrN/c1-4-6(10)3-2-5(9)7(4)8/h2-3H,10H2,1H3. The van der Waals surface area contributed by atoms with Gasteiger partial charge in [0, 0.05) is 10.2 Å². The number of nitrogens with two attached hydrogens (primary N) is 1. The first-order chi connectivity index (χ1) is 4.63. The van der Waals surface area contributed by atoms with Crippen molar-refractivity contribution in [3.8, 4) is 0 Å². The Labute approximate surface area is 70.2 Å². The van der Waals surface area contributed by atoms with Crippen LogP contribution in [-0.4, -0.2) is 7.85 Å². The molecule has 0 amide bonds. The van der Waals surface area contributed by atoms with Crippen LogP contribution in [0.4, 0.5) is 5.69 Å². The Bertz CT molecular complexity index is 233. The van der Waals surface area contributed by atoms with Gasteiger partial charge in [0.1, 0.15) is 7.85 Å². The van der Waals surface area contributed by atoms with Gasteiger partial charge in [0.25, 0.3) is 0 Å². The largest absolute Gasteiger partial charge is 0.399 e. The fraction of sp³-hybridized carbons (Fsp3) is 0.143. The third kappa shape index (κ3) is 1.19. The Morgan fingerprint density at radius 1 is 1.50 bits per heavy atom. The predicted octanol–water partition coefficient (Wildman–Crippen LogP) is 1.13. The highest BCUT2D eigenvalue weighted by atomic mass is 79.9. The molecule has 0 spiro atoms. The molecule has 0 aliphatic carbocycles. The van der Waals surface area contributed by atoms with Gasteiger partial charge >= 0.3 is 0 Å². The molecule has 0 fully saturated rings. The van der Waals surface area contributed by atoms with E-state index in [2.05, 4.69) is 15.9 Å². The molecule has 0 aromatic heterocycles. The Morgan fingerprint density at radius 3 is 2.60 bits per heavy atom. The number of hydrogen-bond acceptors (Lipinski definition) is 1. The maximum Gasteiger partial charge on any atom is 0.115 e. The van der Waals surface area contributed by atoms with E-state index in [1.807, 2.05) is 19.1 Å². The number of hydrogen-bond donors (Lipinski definition) is 1. The van der Waals surface area contributed by atoms with Crippen molar-refractivity contribution in [3.63, 3.8) is 0 Å². The summed E-state index contributed by atoms with van der Waals surface area (Å²) in [5.74, 6) is 0. The number of nitrogen functional groups attached to an aromatic ring is 1. The van der Waals surface area contributed by atoms with E-state index in [1.54, 1.807) is 0 Å². The summed E-state index contributed by atoms with van der Waals surface area (Å²) in [5, 5.41) is 0. The third-order valence-corrected chi connectivity index (χ3v) is 2.20. The van der Waals surface area contributed by atoms with E-state index in [0.717, 1.165) is 21.2 Å². The predicted molar refractivity (Wildman–Crippen MR) is 48.7 cm³/mol. The second-order valence-corrected chi connectivity index (χ2v) is 3.03. The Balaban J connectivity index is 3.34. The maximum absolute atomic E-state index is 5.66. The van der Waals surface area contributed by atoms with Crippen molar-refractivity contribution in [2.45, 2.75) is 6.92 Å². The lowest BCUT2D eigenvalue weighted by Crippen LogP contribution is -2.11. The average Bonchev–Trinajstić information content (AvgIpc) is 1.93. The van der Waals surface area contributed by atoms with Crippen LogP contribution >= 0.6 is 15.9 Å². The zero-order chi connectivity index (χ0) is 7.72. The van der Waals surface area contributed by atoms with Gasteiger partial charge in [0.15, 0.2) is 0 Å². The molecular formula is C7H7BBrN. The van der Waals surface area contributed by atoms with E-state index in [-0.39, 0.29) is 0 Å². The zero-order valence-electron chi connectivity index (χ0n) is 5.69. The van der Waals surface area contributed by atoms with Crippen LogP contribution in [0.25, 0.3) is 0 Å². The highest BCUT2D eigenvalue weighted by molar-refractivity contribution is 9.10. The minimum absolute atomic E-state index is 0.722. The number of benzene rings is 1.